The molecule has 0 radical (unpaired) electrons. The van der Waals surface area contributed by atoms with Gasteiger partial charge in [-0.3, -0.25) is 9.59 Å². The summed E-state index contributed by atoms with van der Waals surface area (Å²) in [4.78, 5) is 39.8. The number of amides is 1. The van der Waals surface area contributed by atoms with Crippen molar-refractivity contribution < 1.29 is 18.7 Å². The molecule has 0 saturated carbocycles. The van der Waals surface area contributed by atoms with E-state index in [1.54, 1.807) is 18.1 Å². The minimum atomic E-state index is -0.414. The molecule has 3 aromatic rings. The molecule has 1 saturated heterocycles. The number of benzene rings is 2. The molecule has 0 bridgehead atoms. The van der Waals surface area contributed by atoms with E-state index in [0.717, 1.165) is 16.5 Å². The van der Waals surface area contributed by atoms with E-state index in [0.29, 0.717) is 49.2 Å². The number of hydrogen-bond acceptors (Lipinski definition) is 5. The molecule has 1 aliphatic heterocycles. The fourth-order valence-corrected chi connectivity index (χ4v) is 4.41. The van der Waals surface area contributed by atoms with Gasteiger partial charge < -0.3 is 14.1 Å². The number of piperidine rings is 1. The fraction of sp³-hybridized carbons (Fsp3) is 0.346. The van der Waals surface area contributed by atoms with E-state index in [2.05, 4.69) is 0 Å². The Bertz CT molecular complexity index is 1190. The van der Waals surface area contributed by atoms with Gasteiger partial charge in [0, 0.05) is 48.0 Å². The van der Waals surface area contributed by atoms with Crippen molar-refractivity contribution in [2.24, 2.45) is 5.92 Å². The van der Waals surface area contributed by atoms with Crippen molar-refractivity contribution >= 4 is 22.7 Å². The molecule has 0 N–H and O–H groups in total. The summed E-state index contributed by atoms with van der Waals surface area (Å²) in [5.74, 6) is 0.730. The largest absolute Gasteiger partial charge is 0.497 e. The van der Waals surface area contributed by atoms with Crippen LogP contribution in [0.3, 0.4) is 0 Å². The third kappa shape index (κ3) is 4.44. The number of carbonyl (C=O) groups is 2. The molecule has 1 fully saturated rings. The summed E-state index contributed by atoms with van der Waals surface area (Å²) >= 11 is 0. The Kier molecular flexibility index (Phi) is 6.40. The number of likely N-dealkylation sites (tertiary alicyclic amines) is 1. The van der Waals surface area contributed by atoms with Gasteiger partial charge in [-0.15, -0.1) is 0 Å². The van der Waals surface area contributed by atoms with E-state index < -0.39 is 5.63 Å². The minimum Gasteiger partial charge on any atom is -0.497 e. The summed E-state index contributed by atoms with van der Waals surface area (Å²) in [5.41, 5.74) is 2.16. The molecule has 0 atom stereocenters. The summed E-state index contributed by atoms with van der Waals surface area (Å²) in [6.07, 6.45) is 1.90. The monoisotopic (exact) mass is 433 g/mol. The lowest BCUT2D eigenvalue weighted by Crippen LogP contribution is -2.40. The smallest absolute Gasteiger partial charge is 0.339 e. The normalized spacial score (nSPS) is 14.5. The summed E-state index contributed by atoms with van der Waals surface area (Å²) in [6.45, 7) is 3.01. The van der Waals surface area contributed by atoms with Crippen LogP contribution in [-0.4, -0.2) is 36.8 Å². The Morgan fingerprint density at radius 3 is 2.50 bits per heavy atom. The summed E-state index contributed by atoms with van der Waals surface area (Å²) < 4.78 is 10.7. The Hall–Kier alpha value is -3.41. The number of fused-ring (bicyclic) bond motifs is 1. The second-order valence-corrected chi connectivity index (χ2v) is 8.24. The standard InChI is InChI=1S/C26H27NO5/c1-17-21-9-8-20(31-2)16-23(21)32-26(30)22(17)10-11-24(28)27-14-12-19(13-15-27)25(29)18-6-4-3-5-7-18/h3-9,16,19H,10-15H2,1-2H3. The van der Waals surface area contributed by atoms with Crippen molar-refractivity contribution in [3.05, 3.63) is 75.6 Å². The molecule has 2 aromatic carbocycles. The van der Waals surface area contributed by atoms with Gasteiger partial charge in [-0.2, -0.15) is 0 Å². The summed E-state index contributed by atoms with van der Waals surface area (Å²) in [7, 11) is 1.56. The number of rotatable bonds is 6. The van der Waals surface area contributed by atoms with Crippen LogP contribution in [0.25, 0.3) is 11.0 Å². The zero-order valence-electron chi connectivity index (χ0n) is 18.4. The lowest BCUT2D eigenvalue weighted by Gasteiger charge is -2.31. The SMILES string of the molecule is COc1ccc2c(C)c(CCC(=O)N3CCC(C(=O)c4ccccc4)CC3)c(=O)oc2c1. The van der Waals surface area contributed by atoms with E-state index in [-0.39, 0.29) is 24.0 Å². The average Bonchev–Trinajstić information content (AvgIpc) is 2.83. The van der Waals surface area contributed by atoms with Crippen molar-refractivity contribution in [1.82, 2.24) is 4.90 Å². The molecule has 32 heavy (non-hydrogen) atoms. The lowest BCUT2D eigenvalue weighted by atomic mass is 9.88. The first-order chi connectivity index (χ1) is 15.5. The maximum Gasteiger partial charge on any atom is 0.339 e. The molecule has 0 spiro atoms. The van der Waals surface area contributed by atoms with Crippen LogP contribution in [0.15, 0.2) is 57.7 Å². The van der Waals surface area contributed by atoms with E-state index in [4.69, 9.17) is 9.15 Å². The van der Waals surface area contributed by atoms with Crippen LogP contribution in [0.2, 0.25) is 0 Å². The van der Waals surface area contributed by atoms with Gasteiger partial charge in [0.25, 0.3) is 0 Å². The van der Waals surface area contributed by atoms with Crippen LogP contribution in [0, 0.1) is 12.8 Å². The predicted octanol–water partition coefficient (Wildman–Crippen LogP) is 4.16. The molecule has 166 valence electrons. The Morgan fingerprint density at radius 1 is 1.09 bits per heavy atom. The highest BCUT2D eigenvalue weighted by atomic mass is 16.5. The predicted molar refractivity (Wildman–Crippen MR) is 122 cm³/mol. The van der Waals surface area contributed by atoms with Crippen LogP contribution in [0.4, 0.5) is 0 Å². The highest BCUT2D eigenvalue weighted by molar-refractivity contribution is 5.98. The van der Waals surface area contributed by atoms with E-state index in [1.165, 1.54) is 0 Å². The number of aryl methyl sites for hydroxylation is 1. The van der Waals surface area contributed by atoms with Gasteiger partial charge in [-0.05, 0) is 43.9 Å². The quantitative estimate of drug-likeness (QED) is 0.431. The molecule has 2 heterocycles. The zero-order valence-corrected chi connectivity index (χ0v) is 18.4. The van der Waals surface area contributed by atoms with E-state index in [1.807, 2.05) is 49.4 Å². The van der Waals surface area contributed by atoms with Gasteiger partial charge in [-0.25, -0.2) is 4.79 Å². The summed E-state index contributed by atoms with van der Waals surface area (Å²) in [5, 5.41) is 0.841. The molecule has 6 heteroatoms. The third-order valence-electron chi connectivity index (χ3n) is 6.36. The molecule has 1 amide bonds. The lowest BCUT2D eigenvalue weighted by molar-refractivity contribution is -0.132. The molecule has 4 rings (SSSR count). The zero-order chi connectivity index (χ0) is 22.7. The molecule has 0 aliphatic carbocycles. The molecular weight excluding hydrogens is 406 g/mol. The van der Waals surface area contributed by atoms with E-state index in [9.17, 15) is 14.4 Å². The molecular formula is C26H27NO5. The first-order valence-electron chi connectivity index (χ1n) is 11.0. The van der Waals surface area contributed by atoms with Crippen molar-refractivity contribution in [1.29, 1.82) is 0 Å². The molecule has 1 aliphatic rings. The van der Waals surface area contributed by atoms with Gasteiger partial charge in [0.2, 0.25) is 5.91 Å². The number of ether oxygens (including phenoxy) is 1. The maximum absolute atomic E-state index is 12.8. The van der Waals surface area contributed by atoms with E-state index >= 15 is 0 Å². The summed E-state index contributed by atoms with van der Waals surface area (Å²) in [6, 6.07) is 14.7. The minimum absolute atomic E-state index is 0.00392. The van der Waals surface area contributed by atoms with Gasteiger partial charge in [0.05, 0.1) is 7.11 Å². The first kappa shape index (κ1) is 21.8. The average molecular weight is 434 g/mol. The second-order valence-electron chi connectivity index (χ2n) is 8.24. The molecule has 6 nitrogen and oxygen atoms in total. The topological polar surface area (TPSA) is 76.8 Å². The van der Waals surface area contributed by atoms with Gasteiger partial charge in [0.1, 0.15) is 11.3 Å². The Morgan fingerprint density at radius 2 is 1.81 bits per heavy atom. The number of ketones is 1. The second kappa shape index (κ2) is 9.39. The van der Waals surface area contributed by atoms with Crippen molar-refractivity contribution in [2.45, 2.75) is 32.6 Å². The van der Waals surface area contributed by atoms with Crippen LogP contribution < -0.4 is 10.4 Å². The molecule has 0 unspecified atom stereocenters. The number of nitrogens with zero attached hydrogens (tertiary/aromatic N) is 1. The van der Waals surface area contributed by atoms with Gasteiger partial charge in [-0.1, -0.05) is 30.3 Å². The number of hydrogen-bond donors (Lipinski definition) is 0. The highest BCUT2D eigenvalue weighted by Gasteiger charge is 2.28. The molecule has 1 aromatic heterocycles. The Labute approximate surface area is 186 Å². The van der Waals surface area contributed by atoms with Crippen molar-refractivity contribution in [3.63, 3.8) is 0 Å². The number of carbonyl (C=O) groups excluding carboxylic acids is 2. The van der Waals surface area contributed by atoms with Crippen LogP contribution in [0.1, 0.15) is 40.7 Å². The maximum atomic E-state index is 12.8. The third-order valence-corrected chi connectivity index (χ3v) is 6.36. The Balaban J connectivity index is 1.38. The fourth-order valence-electron chi connectivity index (χ4n) is 4.41. The van der Waals surface area contributed by atoms with Crippen molar-refractivity contribution in [3.8, 4) is 5.75 Å². The van der Waals surface area contributed by atoms with Gasteiger partial charge >= 0.3 is 5.63 Å². The van der Waals surface area contributed by atoms with Crippen LogP contribution in [0.5, 0.6) is 5.75 Å². The first-order valence-corrected chi connectivity index (χ1v) is 11.0. The number of methoxy groups -OCH3 is 1. The van der Waals surface area contributed by atoms with Crippen LogP contribution >= 0.6 is 0 Å². The van der Waals surface area contributed by atoms with Crippen LogP contribution in [-0.2, 0) is 11.2 Å². The van der Waals surface area contributed by atoms with Crippen molar-refractivity contribution in [2.75, 3.05) is 20.2 Å². The highest BCUT2D eigenvalue weighted by Crippen LogP contribution is 2.25. The van der Waals surface area contributed by atoms with Gasteiger partial charge in [0.15, 0.2) is 5.78 Å². The number of Topliss-reactive ketones (excluding diaryl/α,β-unsaturated/α-hetero) is 1.